The molecule has 152 valence electrons. The number of nitrogens with one attached hydrogen (secondary N) is 3. The molecule has 0 spiro atoms. The number of rotatable bonds is 5. The van der Waals surface area contributed by atoms with E-state index < -0.39 is 0 Å². The van der Waals surface area contributed by atoms with E-state index in [0.29, 0.717) is 22.6 Å². The summed E-state index contributed by atoms with van der Waals surface area (Å²) >= 11 is 0. The first-order valence-corrected chi connectivity index (χ1v) is 9.87. The molecule has 5 nitrogen and oxygen atoms in total. The summed E-state index contributed by atoms with van der Waals surface area (Å²) in [4.78, 5) is 24.8. The first kappa shape index (κ1) is 19.9. The summed E-state index contributed by atoms with van der Waals surface area (Å²) in [5.41, 5.74) is 4.57. The molecule has 0 aliphatic carbocycles. The van der Waals surface area contributed by atoms with E-state index in [4.69, 9.17) is 0 Å². The van der Waals surface area contributed by atoms with Gasteiger partial charge in [0.15, 0.2) is 0 Å². The summed E-state index contributed by atoms with van der Waals surface area (Å²) in [5, 5.41) is 8.40. The van der Waals surface area contributed by atoms with Crippen LogP contribution < -0.4 is 16.0 Å². The Bertz CT molecular complexity index is 1170. The lowest BCUT2D eigenvalue weighted by Crippen LogP contribution is -2.19. The molecule has 0 unspecified atom stereocenters. The molecular formula is C26H21N3O2. The second-order valence-electron chi connectivity index (χ2n) is 6.92. The minimum atomic E-state index is -0.355. The summed E-state index contributed by atoms with van der Waals surface area (Å²) in [6, 6.07) is 33.3. The molecule has 0 aliphatic heterocycles. The van der Waals surface area contributed by atoms with E-state index in [1.165, 1.54) is 0 Å². The van der Waals surface area contributed by atoms with Gasteiger partial charge in [0.2, 0.25) is 0 Å². The third-order valence-corrected chi connectivity index (χ3v) is 4.66. The number of anilines is 3. The van der Waals surface area contributed by atoms with Crippen molar-refractivity contribution in [3.63, 3.8) is 0 Å². The molecule has 31 heavy (non-hydrogen) atoms. The van der Waals surface area contributed by atoms with E-state index in [9.17, 15) is 9.59 Å². The predicted molar refractivity (Wildman–Crippen MR) is 125 cm³/mol. The van der Waals surface area contributed by atoms with Crippen LogP contribution in [0.25, 0.3) is 11.1 Å². The number of hydrogen-bond donors (Lipinski definition) is 3. The lowest BCUT2D eigenvalue weighted by Gasteiger charge is -2.10. The van der Waals surface area contributed by atoms with E-state index in [-0.39, 0.29) is 11.9 Å². The van der Waals surface area contributed by atoms with Gasteiger partial charge >= 0.3 is 6.03 Å². The van der Waals surface area contributed by atoms with Gasteiger partial charge in [-0.1, -0.05) is 66.7 Å². The fourth-order valence-electron chi connectivity index (χ4n) is 3.14. The quantitative estimate of drug-likeness (QED) is 0.366. The third-order valence-electron chi connectivity index (χ3n) is 4.66. The highest BCUT2D eigenvalue weighted by atomic mass is 16.2. The normalized spacial score (nSPS) is 10.2. The van der Waals surface area contributed by atoms with E-state index in [2.05, 4.69) is 16.0 Å². The highest BCUT2D eigenvalue weighted by Crippen LogP contribution is 2.21. The largest absolute Gasteiger partial charge is 0.323 e. The minimum absolute atomic E-state index is 0.217. The summed E-state index contributed by atoms with van der Waals surface area (Å²) < 4.78 is 0. The highest BCUT2D eigenvalue weighted by molar-refractivity contribution is 6.05. The van der Waals surface area contributed by atoms with Crippen LogP contribution in [0.5, 0.6) is 0 Å². The van der Waals surface area contributed by atoms with Crippen molar-refractivity contribution in [2.45, 2.75) is 0 Å². The number of para-hydroxylation sites is 1. The average molecular weight is 407 g/mol. The minimum Gasteiger partial charge on any atom is -0.322 e. The molecule has 4 rings (SSSR count). The van der Waals surface area contributed by atoms with Crippen molar-refractivity contribution < 1.29 is 9.59 Å². The van der Waals surface area contributed by atoms with E-state index in [1.54, 1.807) is 48.5 Å². The van der Waals surface area contributed by atoms with Crippen LogP contribution in [0.4, 0.5) is 21.9 Å². The van der Waals surface area contributed by atoms with Gasteiger partial charge < -0.3 is 16.0 Å². The molecule has 4 aromatic rings. The molecule has 5 heteroatoms. The standard InChI is InChI=1S/C26H21N3O2/c30-25(21-16-14-20(15-17-21)19-8-3-1-4-9-19)27-23-12-7-13-24(18-23)29-26(31)28-22-10-5-2-6-11-22/h1-18H,(H,27,30)(H2,28,29,31). The number of urea groups is 1. The Labute approximate surface area is 180 Å². The monoisotopic (exact) mass is 407 g/mol. The van der Waals surface area contributed by atoms with E-state index in [0.717, 1.165) is 11.1 Å². The van der Waals surface area contributed by atoms with Crippen LogP contribution in [0, 0.1) is 0 Å². The highest BCUT2D eigenvalue weighted by Gasteiger charge is 2.08. The Morgan fingerprint density at radius 2 is 1.00 bits per heavy atom. The molecule has 0 saturated carbocycles. The first-order chi connectivity index (χ1) is 15.2. The molecular weight excluding hydrogens is 386 g/mol. The molecule has 0 aromatic heterocycles. The molecule has 0 radical (unpaired) electrons. The molecule has 3 N–H and O–H groups in total. The maximum absolute atomic E-state index is 12.6. The summed E-state index contributed by atoms with van der Waals surface area (Å²) in [6.45, 7) is 0. The topological polar surface area (TPSA) is 70.2 Å². The second-order valence-corrected chi connectivity index (χ2v) is 6.92. The van der Waals surface area contributed by atoms with Crippen molar-refractivity contribution in [1.29, 1.82) is 0 Å². The van der Waals surface area contributed by atoms with Gasteiger partial charge in [0.25, 0.3) is 5.91 Å². The Kier molecular flexibility index (Phi) is 6.05. The molecule has 0 aliphatic rings. The fourth-order valence-corrected chi connectivity index (χ4v) is 3.14. The Morgan fingerprint density at radius 1 is 0.484 bits per heavy atom. The van der Waals surface area contributed by atoms with Gasteiger partial charge in [-0.25, -0.2) is 4.79 Å². The Balaban J connectivity index is 1.39. The lowest BCUT2D eigenvalue weighted by molar-refractivity contribution is 0.102. The molecule has 0 bridgehead atoms. The van der Waals surface area contributed by atoms with Crippen LogP contribution in [-0.4, -0.2) is 11.9 Å². The van der Waals surface area contributed by atoms with Gasteiger partial charge in [-0.15, -0.1) is 0 Å². The molecule has 4 aromatic carbocycles. The van der Waals surface area contributed by atoms with Gasteiger partial charge in [0, 0.05) is 22.6 Å². The number of hydrogen-bond acceptors (Lipinski definition) is 2. The predicted octanol–water partition coefficient (Wildman–Crippen LogP) is 6.25. The van der Waals surface area contributed by atoms with Crippen molar-refractivity contribution in [3.8, 4) is 11.1 Å². The van der Waals surface area contributed by atoms with Crippen molar-refractivity contribution in [1.82, 2.24) is 0 Å². The zero-order valence-corrected chi connectivity index (χ0v) is 16.7. The van der Waals surface area contributed by atoms with Crippen LogP contribution in [0.3, 0.4) is 0 Å². The summed E-state index contributed by atoms with van der Waals surface area (Å²) in [7, 11) is 0. The Morgan fingerprint density at radius 3 is 1.68 bits per heavy atom. The number of carbonyl (C=O) groups excluding carboxylic acids is 2. The van der Waals surface area contributed by atoms with Gasteiger partial charge in [-0.2, -0.15) is 0 Å². The van der Waals surface area contributed by atoms with E-state index in [1.807, 2.05) is 60.7 Å². The lowest BCUT2D eigenvalue weighted by atomic mass is 10.0. The maximum atomic E-state index is 12.6. The van der Waals surface area contributed by atoms with Crippen LogP contribution in [0.1, 0.15) is 10.4 Å². The van der Waals surface area contributed by atoms with Crippen molar-refractivity contribution in [2.75, 3.05) is 16.0 Å². The summed E-state index contributed by atoms with van der Waals surface area (Å²) in [6.07, 6.45) is 0. The Hall–Kier alpha value is -4.38. The van der Waals surface area contributed by atoms with Crippen LogP contribution in [0.2, 0.25) is 0 Å². The summed E-state index contributed by atoms with van der Waals surface area (Å²) in [5.74, 6) is -0.217. The van der Waals surface area contributed by atoms with Crippen molar-refractivity contribution in [2.24, 2.45) is 0 Å². The first-order valence-electron chi connectivity index (χ1n) is 9.87. The third kappa shape index (κ3) is 5.36. The second kappa shape index (κ2) is 9.41. The van der Waals surface area contributed by atoms with Gasteiger partial charge in [0.05, 0.1) is 0 Å². The maximum Gasteiger partial charge on any atom is 0.323 e. The van der Waals surface area contributed by atoms with Crippen LogP contribution in [-0.2, 0) is 0 Å². The van der Waals surface area contributed by atoms with Gasteiger partial charge in [0.1, 0.15) is 0 Å². The molecule has 3 amide bonds. The fraction of sp³-hybridized carbons (Fsp3) is 0. The average Bonchev–Trinajstić information content (AvgIpc) is 2.80. The zero-order valence-electron chi connectivity index (χ0n) is 16.7. The smallest absolute Gasteiger partial charge is 0.322 e. The van der Waals surface area contributed by atoms with Gasteiger partial charge in [-0.3, -0.25) is 4.79 Å². The van der Waals surface area contributed by atoms with Crippen LogP contribution >= 0.6 is 0 Å². The molecule has 0 saturated heterocycles. The molecule has 0 heterocycles. The SMILES string of the molecule is O=C(Nc1ccccc1)Nc1cccc(NC(=O)c2ccc(-c3ccccc3)cc2)c1. The number of benzene rings is 4. The van der Waals surface area contributed by atoms with Crippen molar-refractivity contribution in [3.05, 3.63) is 115 Å². The van der Waals surface area contributed by atoms with Crippen molar-refractivity contribution >= 4 is 29.0 Å². The molecule has 0 fully saturated rings. The number of carbonyl (C=O) groups is 2. The zero-order chi connectivity index (χ0) is 21.5. The van der Waals surface area contributed by atoms with Crippen LogP contribution in [0.15, 0.2) is 109 Å². The van der Waals surface area contributed by atoms with Gasteiger partial charge in [-0.05, 0) is 53.6 Å². The van der Waals surface area contributed by atoms with E-state index >= 15 is 0 Å². The number of amides is 3. The molecule has 0 atom stereocenters.